The maximum absolute atomic E-state index is 5.11. The summed E-state index contributed by atoms with van der Waals surface area (Å²) in [6, 6.07) is 82.1. The van der Waals surface area contributed by atoms with Crippen molar-refractivity contribution in [2.45, 2.75) is 0 Å². The molecule has 62 heavy (non-hydrogen) atoms. The van der Waals surface area contributed by atoms with Crippen LogP contribution in [0.1, 0.15) is 0 Å². The van der Waals surface area contributed by atoms with Gasteiger partial charge in [-0.15, -0.1) is 0 Å². The van der Waals surface area contributed by atoms with Crippen molar-refractivity contribution in [2.24, 2.45) is 0 Å². The van der Waals surface area contributed by atoms with Gasteiger partial charge in [0.1, 0.15) is 0 Å². The Morgan fingerprint density at radius 1 is 0.242 bits per heavy atom. The summed E-state index contributed by atoms with van der Waals surface area (Å²) in [6.45, 7) is 0. The standard InChI is InChI=1S/C58H38N4/c1-4-15-40(16-5-1)52-38-53(41-17-6-2-7-18-41)60-58(59-52)45-20-14-19-42(35-45)44-30-34-57-51(37-44)49-24-11-13-26-55(49)62(57)47-31-27-39(28-32-47)43-29-33-56-50(36-43)48-23-10-12-25-54(48)61(56)46-21-8-3-9-22-46/h1-38H. The molecular weight excluding hydrogens is 753 g/mol. The van der Waals surface area contributed by atoms with Crippen LogP contribution >= 0.6 is 0 Å². The summed E-state index contributed by atoms with van der Waals surface area (Å²) >= 11 is 0. The Balaban J connectivity index is 0.915. The fraction of sp³-hybridized carbons (Fsp3) is 0. The number of rotatable bonds is 7. The average Bonchev–Trinajstić information content (AvgIpc) is 3.87. The van der Waals surface area contributed by atoms with Gasteiger partial charge in [-0.3, -0.25) is 0 Å². The molecule has 12 rings (SSSR count). The number of aromatic nitrogens is 4. The molecule has 0 atom stereocenters. The summed E-state index contributed by atoms with van der Waals surface area (Å²) in [5.74, 6) is 0.701. The SMILES string of the molecule is c1ccc(-c2cc(-c3ccccc3)nc(-c3cccc(-c4ccc5c(c4)c4ccccc4n5-c4ccc(-c5ccc6c(c5)c5ccccc5n6-c5ccccc5)cc4)c3)n2)cc1. The lowest BCUT2D eigenvalue weighted by Gasteiger charge is -2.11. The number of nitrogens with zero attached hydrogens (tertiary/aromatic N) is 4. The van der Waals surface area contributed by atoms with Gasteiger partial charge in [0.05, 0.1) is 33.5 Å². The second kappa shape index (κ2) is 14.7. The molecule has 0 aliphatic carbocycles. The van der Waals surface area contributed by atoms with Crippen LogP contribution in [0.25, 0.3) is 111 Å². The van der Waals surface area contributed by atoms with E-state index in [1.54, 1.807) is 0 Å². The van der Waals surface area contributed by atoms with E-state index in [9.17, 15) is 0 Å². The van der Waals surface area contributed by atoms with E-state index in [-0.39, 0.29) is 0 Å². The van der Waals surface area contributed by atoms with Crippen LogP contribution in [0.2, 0.25) is 0 Å². The number of benzene rings is 9. The zero-order valence-corrected chi connectivity index (χ0v) is 33.7. The molecule has 0 unspecified atom stereocenters. The highest BCUT2D eigenvalue weighted by molar-refractivity contribution is 6.11. The third kappa shape index (κ3) is 6.08. The van der Waals surface area contributed by atoms with Crippen molar-refractivity contribution in [3.63, 3.8) is 0 Å². The molecule has 0 spiro atoms. The minimum atomic E-state index is 0.701. The zero-order valence-electron chi connectivity index (χ0n) is 33.7. The van der Waals surface area contributed by atoms with Gasteiger partial charge in [-0.25, -0.2) is 9.97 Å². The summed E-state index contributed by atoms with van der Waals surface area (Å²) in [6.07, 6.45) is 0. The molecule has 0 radical (unpaired) electrons. The van der Waals surface area contributed by atoms with E-state index >= 15 is 0 Å². The van der Waals surface area contributed by atoms with Crippen LogP contribution in [0, 0.1) is 0 Å². The fourth-order valence-corrected chi connectivity index (χ4v) is 9.17. The quantitative estimate of drug-likeness (QED) is 0.161. The fourth-order valence-electron chi connectivity index (χ4n) is 9.17. The van der Waals surface area contributed by atoms with Crippen LogP contribution < -0.4 is 0 Å². The predicted octanol–water partition coefficient (Wildman–Crippen LogP) is 15.0. The van der Waals surface area contributed by atoms with Crippen LogP contribution in [0.15, 0.2) is 231 Å². The van der Waals surface area contributed by atoms with Crippen LogP contribution in [0.4, 0.5) is 0 Å². The van der Waals surface area contributed by atoms with E-state index < -0.39 is 0 Å². The van der Waals surface area contributed by atoms with E-state index in [0.717, 1.165) is 44.9 Å². The first kappa shape index (κ1) is 35.6. The van der Waals surface area contributed by atoms with Crippen molar-refractivity contribution in [1.29, 1.82) is 0 Å². The first-order valence-electron chi connectivity index (χ1n) is 21.1. The van der Waals surface area contributed by atoms with Gasteiger partial charge >= 0.3 is 0 Å². The summed E-state index contributed by atoms with van der Waals surface area (Å²) in [4.78, 5) is 10.2. The van der Waals surface area contributed by atoms with E-state index in [1.165, 1.54) is 60.4 Å². The molecule has 0 saturated carbocycles. The Morgan fingerprint density at radius 3 is 1.21 bits per heavy atom. The molecule has 0 aliphatic heterocycles. The van der Waals surface area contributed by atoms with Crippen molar-refractivity contribution in [1.82, 2.24) is 19.1 Å². The second-order valence-electron chi connectivity index (χ2n) is 15.8. The van der Waals surface area contributed by atoms with E-state index in [1.807, 2.05) is 12.1 Å². The van der Waals surface area contributed by atoms with Crippen LogP contribution in [0.3, 0.4) is 0 Å². The highest BCUT2D eigenvalue weighted by atomic mass is 15.0. The largest absolute Gasteiger partial charge is 0.309 e. The molecule has 12 aromatic rings. The molecule has 4 heteroatoms. The lowest BCUT2D eigenvalue weighted by atomic mass is 10.00. The summed E-state index contributed by atoms with van der Waals surface area (Å²) < 4.78 is 4.75. The Morgan fingerprint density at radius 2 is 0.645 bits per heavy atom. The van der Waals surface area contributed by atoms with Gasteiger partial charge in [0.15, 0.2) is 5.82 Å². The minimum absolute atomic E-state index is 0.701. The molecular formula is C58H38N4. The van der Waals surface area contributed by atoms with Gasteiger partial charge in [0.2, 0.25) is 0 Å². The molecule has 0 aliphatic rings. The van der Waals surface area contributed by atoms with Crippen LogP contribution in [0.5, 0.6) is 0 Å². The normalized spacial score (nSPS) is 11.5. The summed E-state index contributed by atoms with van der Waals surface area (Å²) in [7, 11) is 0. The van der Waals surface area contributed by atoms with Gasteiger partial charge in [-0.05, 0) is 95.1 Å². The second-order valence-corrected chi connectivity index (χ2v) is 15.8. The molecule has 290 valence electrons. The number of para-hydroxylation sites is 3. The monoisotopic (exact) mass is 790 g/mol. The Kier molecular flexibility index (Phi) is 8.46. The minimum Gasteiger partial charge on any atom is -0.309 e. The maximum Gasteiger partial charge on any atom is 0.160 e. The first-order chi connectivity index (χ1) is 30.7. The smallest absolute Gasteiger partial charge is 0.160 e. The average molecular weight is 791 g/mol. The molecule has 3 heterocycles. The van der Waals surface area contributed by atoms with Crippen molar-refractivity contribution in [3.8, 4) is 67.5 Å². The lowest BCUT2D eigenvalue weighted by molar-refractivity contribution is 1.18. The van der Waals surface area contributed by atoms with Gasteiger partial charge in [0.25, 0.3) is 0 Å². The molecule has 0 fully saturated rings. The molecule has 0 bridgehead atoms. The number of hydrogen-bond acceptors (Lipinski definition) is 2. The van der Waals surface area contributed by atoms with Crippen molar-refractivity contribution in [2.75, 3.05) is 0 Å². The van der Waals surface area contributed by atoms with Gasteiger partial charge in [0, 0.05) is 49.6 Å². The zero-order chi connectivity index (χ0) is 41.0. The predicted molar refractivity (Wildman–Crippen MR) is 258 cm³/mol. The first-order valence-corrected chi connectivity index (χ1v) is 21.1. The van der Waals surface area contributed by atoms with Crippen molar-refractivity contribution < 1.29 is 0 Å². The van der Waals surface area contributed by atoms with Crippen LogP contribution in [-0.4, -0.2) is 19.1 Å². The van der Waals surface area contributed by atoms with Gasteiger partial charge in [-0.2, -0.15) is 0 Å². The van der Waals surface area contributed by atoms with Crippen LogP contribution in [-0.2, 0) is 0 Å². The molecule has 0 amide bonds. The lowest BCUT2D eigenvalue weighted by Crippen LogP contribution is -1.96. The third-order valence-electron chi connectivity index (χ3n) is 12.1. The Bertz CT molecular complexity index is 3550. The van der Waals surface area contributed by atoms with Gasteiger partial charge < -0.3 is 9.13 Å². The molecule has 9 aromatic carbocycles. The van der Waals surface area contributed by atoms with Crippen molar-refractivity contribution in [3.05, 3.63) is 231 Å². The number of hydrogen-bond donors (Lipinski definition) is 0. The summed E-state index contributed by atoms with van der Waals surface area (Å²) in [5.41, 5.74) is 16.6. The van der Waals surface area contributed by atoms with E-state index in [0.29, 0.717) is 5.82 Å². The van der Waals surface area contributed by atoms with E-state index in [2.05, 4.69) is 228 Å². The Hall–Kier alpha value is -8.34. The Labute approximate surface area is 359 Å². The molecule has 3 aromatic heterocycles. The van der Waals surface area contributed by atoms with Gasteiger partial charge in [-0.1, -0.05) is 158 Å². The topological polar surface area (TPSA) is 35.6 Å². The number of fused-ring (bicyclic) bond motifs is 6. The highest BCUT2D eigenvalue weighted by Gasteiger charge is 2.17. The van der Waals surface area contributed by atoms with E-state index in [4.69, 9.17) is 9.97 Å². The molecule has 0 saturated heterocycles. The highest BCUT2D eigenvalue weighted by Crippen LogP contribution is 2.38. The molecule has 4 nitrogen and oxygen atoms in total. The van der Waals surface area contributed by atoms with Crippen molar-refractivity contribution >= 4 is 43.6 Å². The summed E-state index contributed by atoms with van der Waals surface area (Å²) in [5, 5.41) is 4.93. The maximum atomic E-state index is 5.11. The third-order valence-corrected chi connectivity index (χ3v) is 12.1. The molecule has 0 N–H and O–H groups in total.